The Labute approximate surface area is 107 Å². The van der Waals surface area contributed by atoms with Crippen LogP contribution in [0.5, 0.6) is 0 Å². The first-order valence-electron chi connectivity index (χ1n) is 5.79. The highest BCUT2D eigenvalue weighted by Gasteiger charge is 2.28. The van der Waals surface area contributed by atoms with E-state index in [1.807, 2.05) is 30.3 Å². The van der Waals surface area contributed by atoms with Gasteiger partial charge in [-0.3, -0.25) is 10.2 Å². The van der Waals surface area contributed by atoms with E-state index in [-0.39, 0.29) is 11.9 Å². The van der Waals surface area contributed by atoms with Gasteiger partial charge in [-0.25, -0.2) is 9.73 Å². The smallest absolute Gasteiger partial charge is 0.252 e. The average molecular weight is 251 g/mol. The maximum absolute atomic E-state index is 11.8. The number of amides is 1. The van der Waals surface area contributed by atoms with Gasteiger partial charge in [-0.05, 0) is 18.4 Å². The van der Waals surface area contributed by atoms with Crippen LogP contribution in [0.4, 0.5) is 0 Å². The summed E-state index contributed by atoms with van der Waals surface area (Å²) in [5, 5.41) is 0. The van der Waals surface area contributed by atoms with Gasteiger partial charge in [-0.1, -0.05) is 43.1 Å². The number of thiol groups is 1. The van der Waals surface area contributed by atoms with Crippen LogP contribution in [0.15, 0.2) is 30.3 Å². The molecule has 1 aromatic carbocycles. The molecule has 5 heteroatoms. The average Bonchev–Trinajstić information content (AvgIpc) is 2.77. The molecule has 1 amide bonds. The number of hydrogen-bond donors (Lipinski definition) is 3. The van der Waals surface area contributed by atoms with Gasteiger partial charge < -0.3 is 0 Å². The van der Waals surface area contributed by atoms with Crippen LogP contribution in [0.2, 0.25) is 0 Å². The molecule has 0 aliphatic carbocycles. The lowest BCUT2D eigenvalue weighted by Gasteiger charge is -2.17. The van der Waals surface area contributed by atoms with Crippen LogP contribution in [0.3, 0.4) is 0 Å². The third-order valence-electron chi connectivity index (χ3n) is 2.87. The maximum atomic E-state index is 11.8. The fraction of sp³-hybridized carbons (Fsp3) is 0.417. The zero-order valence-electron chi connectivity index (χ0n) is 9.60. The molecule has 1 atom stereocenters. The summed E-state index contributed by atoms with van der Waals surface area (Å²) in [6.45, 7) is 1.51. The summed E-state index contributed by atoms with van der Waals surface area (Å²) in [6, 6.07) is 9.84. The Balaban J connectivity index is 1.73. The fourth-order valence-electron chi connectivity index (χ4n) is 1.93. The zero-order valence-corrected chi connectivity index (χ0v) is 10.5. The molecule has 2 rings (SSSR count). The molecular weight excluding hydrogens is 234 g/mol. The molecule has 4 nitrogen and oxygen atoms in total. The first-order valence-corrected chi connectivity index (χ1v) is 6.19. The van der Waals surface area contributed by atoms with Crippen molar-refractivity contribution in [2.45, 2.75) is 25.4 Å². The van der Waals surface area contributed by atoms with Gasteiger partial charge >= 0.3 is 0 Å². The van der Waals surface area contributed by atoms with Crippen molar-refractivity contribution in [2.24, 2.45) is 0 Å². The van der Waals surface area contributed by atoms with E-state index >= 15 is 0 Å². The van der Waals surface area contributed by atoms with E-state index in [4.69, 9.17) is 0 Å². The van der Waals surface area contributed by atoms with E-state index in [0.717, 1.165) is 24.9 Å². The molecule has 0 aromatic heterocycles. The van der Waals surface area contributed by atoms with Gasteiger partial charge in [-0.15, -0.1) is 0 Å². The molecule has 1 aromatic rings. The SMILES string of the molecule is O=C(NNCc1ccccc1)C1CCCN1S. The molecule has 92 valence electrons. The summed E-state index contributed by atoms with van der Waals surface area (Å²) in [4.78, 5) is 11.8. The van der Waals surface area contributed by atoms with Crippen LogP contribution in [0.1, 0.15) is 18.4 Å². The lowest BCUT2D eigenvalue weighted by atomic mass is 10.2. The van der Waals surface area contributed by atoms with Gasteiger partial charge in [0.15, 0.2) is 0 Å². The molecule has 0 spiro atoms. The molecule has 1 aliphatic heterocycles. The van der Waals surface area contributed by atoms with Gasteiger partial charge in [-0.2, -0.15) is 0 Å². The first-order chi connectivity index (χ1) is 8.27. The summed E-state index contributed by atoms with van der Waals surface area (Å²) < 4.78 is 1.79. The number of nitrogens with one attached hydrogen (secondary N) is 2. The second kappa shape index (κ2) is 6.05. The first kappa shape index (κ1) is 12.4. The maximum Gasteiger partial charge on any atom is 0.252 e. The zero-order chi connectivity index (χ0) is 12.1. The van der Waals surface area contributed by atoms with E-state index in [1.165, 1.54) is 0 Å². The van der Waals surface area contributed by atoms with Crippen molar-refractivity contribution in [3.05, 3.63) is 35.9 Å². The number of hydrazine groups is 1. The van der Waals surface area contributed by atoms with Crippen molar-refractivity contribution in [1.29, 1.82) is 0 Å². The Bertz CT molecular complexity index is 371. The molecule has 1 heterocycles. The second-order valence-corrected chi connectivity index (χ2v) is 4.66. The molecule has 2 N–H and O–H groups in total. The molecule has 17 heavy (non-hydrogen) atoms. The van der Waals surface area contributed by atoms with Gasteiger partial charge in [0.2, 0.25) is 0 Å². The van der Waals surface area contributed by atoms with Crippen LogP contribution < -0.4 is 10.9 Å². The largest absolute Gasteiger partial charge is 0.290 e. The lowest BCUT2D eigenvalue weighted by Crippen LogP contribution is -2.45. The van der Waals surface area contributed by atoms with Crippen molar-refractivity contribution in [2.75, 3.05) is 6.54 Å². The second-order valence-electron chi connectivity index (χ2n) is 4.15. The van der Waals surface area contributed by atoms with Crippen LogP contribution in [-0.2, 0) is 11.3 Å². The molecule has 0 bridgehead atoms. The topological polar surface area (TPSA) is 44.4 Å². The summed E-state index contributed by atoms with van der Waals surface area (Å²) in [7, 11) is 0. The quantitative estimate of drug-likeness (QED) is 0.555. The van der Waals surface area contributed by atoms with Crippen molar-refractivity contribution < 1.29 is 4.79 Å². The Hall–Kier alpha value is -1.04. The van der Waals surface area contributed by atoms with Gasteiger partial charge in [0, 0.05) is 13.1 Å². The van der Waals surface area contributed by atoms with Crippen molar-refractivity contribution >= 4 is 18.7 Å². The fourth-order valence-corrected chi connectivity index (χ4v) is 2.29. The minimum atomic E-state index is -0.110. The number of hydrogen-bond acceptors (Lipinski definition) is 4. The van der Waals surface area contributed by atoms with Crippen LogP contribution in [-0.4, -0.2) is 22.8 Å². The van der Waals surface area contributed by atoms with Gasteiger partial charge in [0.1, 0.15) is 6.04 Å². The predicted octanol–water partition coefficient (Wildman–Crippen LogP) is 1.12. The molecule has 1 fully saturated rings. The van der Waals surface area contributed by atoms with Gasteiger partial charge in [0.25, 0.3) is 5.91 Å². The Kier molecular flexibility index (Phi) is 4.42. The number of benzene rings is 1. The van der Waals surface area contributed by atoms with Crippen molar-refractivity contribution in [1.82, 2.24) is 15.2 Å². The highest BCUT2D eigenvalue weighted by atomic mass is 32.1. The molecular formula is C12H17N3OS. The minimum Gasteiger partial charge on any atom is -0.290 e. The minimum absolute atomic E-state index is 0.00608. The van der Waals surface area contributed by atoms with E-state index in [9.17, 15) is 4.79 Å². The molecule has 1 saturated heterocycles. The summed E-state index contributed by atoms with van der Waals surface area (Å²) in [5.41, 5.74) is 6.80. The third kappa shape index (κ3) is 3.46. The monoisotopic (exact) mass is 251 g/mol. The molecule has 1 unspecified atom stereocenters. The Morgan fingerprint density at radius 1 is 1.41 bits per heavy atom. The lowest BCUT2D eigenvalue weighted by molar-refractivity contribution is -0.125. The van der Waals surface area contributed by atoms with Crippen LogP contribution >= 0.6 is 12.8 Å². The standard InChI is InChI=1S/C12H17N3OS/c16-12(11-7-4-8-15(11)17)14-13-9-10-5-2-1-3-6-10/h1-3,5-6,11,13,17H,4,7-9H2,(H,14,16). The number of carbonyl (C=O) groups is 1. The summed E-state index contributed by atoms with van der Waals surface area (Å²) in [6.07, 6.45) is 1.91. The summed E-state index contributed by atoms with van der Waals surface area (Å²) >= 11 is 4.26. The number of nitrogens with zero attached hydrogens (tertiary/aromatic N) is 1. The predicted molar refractivity (Wildman–Crippen MR) is 70.1 cm³/mol. The van der Waals surface area contributed by atoms with Crippen LogP contribution in [0.25, 0.3) is 0 Å². The Morgan fingerprint density at radius 3 is 2.82 bits per heavy atom. The van der Waals surface area contributed by atoms with E-state index in [0.29, 0.717) is 6.54 Å². The van der Waals surface area contributed by atoms with Crippen LogP contribution in [0, 0.1) is 0 Å². The van der Waals surface area contributed by atoms with E-state index in [1.54, 1.807) is 4.31 Å². The van der Waals surface area contributed by atoms with Crippen molar-refractivity contribution in [3.8, 4) is 0 Å². The highest BCUT2D eigenvalue weighted by Crippen LogP contribution is 2.18. The van der Waals surface area contributed by atoms with E-state index < -0.39 is 0 Å². The summed E-state index contributed by atoms with van der Waals surface area (Å²) in [5.74, 6) is -0.00608. The van der Waals surface area contributed by atoms with Crippen molar-refractivity contribution in [3.63, 3.8) is 0 Å². The third-order valence-corrected chi connectivity index (χ3v) is 3.35. The highest BCUT2D eigenvalue weighted by molar-refractivity contribution is 7.77. The van der Waals surface area contributed by atoms with Gasteiger partial charge in [0.05, 0.1) is 0 Å². The Morgan fingerprint density at radius 2 is 2.18 bits per heavy atom. The normalized spacial score (nSPS) is 20.4. The molecule has 1 aliphatic rings. The number of rotatable bonds is 4. The molecule has 0 radical (unpaired) electrons. The number of carbonyl (C=O) groups excluding carboxylic acids is 1. The molecule has 0 saturated carbocycles. The van der Waals surface area contributed by atoms with E-state index in [2.05, 4.69) is 23.7 Å².